The Labute approximate surface area is 64.6 Å². The Morgan fingerprint density at radius 2 is 2.36 bits per heavy atom. The zero-order valence-electron chi connectivity index (χ0n) is 6.12. The Hall–Kier alpha value is -0.940. The van der Waals surface area contributed by atoms with Crippen molar-refractivity contribution < 1.29 is 14.7 Å². The molecule has 0 fully saturated rings. The van der Waals surface area contributed by atoms with Crippen LogP contribution in [0.15, 0.2) is 0 Å². The maximum absolute atomic E-state index is 10.1. The van der Waals surface area contributed by atoms with Crippen molar-refractivity contribution in [2.45, 2.75) is 12.5 Å². The number of carboxylic acid groups (broad SMARTS) is 1. The van der Waals surface area contributed by atoms with Crippen LogP contribution in [0.1, 0.15) is 6.42 Å². The van der Waals surface area contributed by atoms with Gasteiger partial charge in [0.05, 0.1) is 6.54 Å². The molecule has 0 amide bonds. The van der Waals surface area contributed by atoms with Crippen molar-refractivity contribution >= 4 is 12.3 Å². The van der Waals surface area contributed by atoms with Gasteiger partial charge >= 0.3 is 5.97 Å². The van der Waals surface area contributed by atoms with E-state index in [1.54, 1.807) is 0 Å². The van der Waals surface area contributed by atoms with Gasteiger partial charge in [-0.1, -0.05) is 0 Å². The predicted octanol–water partition coefficient (Wildman–Crippen LogP) is -1.42. The maximum Gasteiger partial charge on any atom is 0.320 e. The molecule has 4 N–H and O–H groups in total. The van der Waals surface area contributed by atoms with Gasteiger partial charge in [0.2, 0.25) is 0 Å². The molecule has 0 bridgehead atoms. The van der Waals surface area contributed by atoms with Gasteiger partial charge in [0.1, 0.15) is 12.3 Å². The lowest BCUT2D eigenvalue weighted by molar-refractivity contribution is -0.138. The molecule has 0 aliphatic carbocycles. The first-order valence-electron chi connectivity index (χ1n) is 3.31. The van der Waals surface area contributed by atoms with Crippen molar-refractivity contribution in [1.82, 2.24) is 5.32 Å². The average molecular weight is 160 g/mol. The lowest BCUT2D eigenvalue weighted by atomic mass is 10.2. The molecule has 64 valence electrons. The summed E-state index contributed by atoms with van der Waals surface area (Å²) in [6.45, 7) is 0.693. The molecule has 5 nitrogen and oxygen atoms in total. The number of carboxylic acids is 1. The first kappa shape index (κ1) is 10.1. The van der Waals surface area contributed by atoms with Crippen LogP contribution in [-0.2, 0) is 9.59 Å². The number of aliphatic carboxylic acids is 1. The zero-order valence-corrected chi connectivity index (χ0v) is 6.12. The summed E-state index contributed by atoms with van der Waals surface area (Å²) in [4.78, 5) is 19.9. The number of nitrogens with two attached hydrogens (primary N) is 1. The van der Waals surface area contributed by atoms with Gasteiger partial charge in [0.15, 0.2) is 0 Å². The molecule has 5 heteroatoms. The van der Waals surface area contributed by atoms with Crippen molar-refractivity contribution in [3.8, 4) is 0 Å². The summed E-state index contributed by atoms with van der Waals surface area (Å²) in [5, 5.41) is 11.0. The molecule has 0 aliphatic rings. The normalized spacial score (nSPS) is 12.5. The van der Waals surface area contributed by atoms with Crippen LogP contribution in [0.25, 0.3) is 0 Å². The van der Waals surface area contributed by atoms with E-state index in [4.69, 9.17) is 10.8 Å². The van der Waals surface area contributed by atoms with Crippen molar-refractivity contribution in [2.75, 3.05) is 13.1 Å². The van der Waals surface area contributed by atoms with E-state index in [2.05, 4.69) is 5.32 Å². The number of rotatable bonds is 6. The third-order valence-electron chi connectivity index (χ3n) is 1.18. The van der Waals surface area contributed by atoms with Crippen LogP contribution in [0.3, 0.4) is 0 Å². The molecule has 1 atom stereocenters. The van der Waals surface area contributed by atoms with Crippen molar-refractivity contribution in [2.24, 2.45) is 5.73 Å². The summed E-state index contributed by atoms with van der Waals surface area (Å²) in [5.41, 5.74) is 5.17. The molecular formula is C6H12N2O3. The number of carbonyl (C=O) groups excluding carboxylic acids is 1. The number of hydrogen-bond donors (Lipinski definition) is 3. The van der Waals surface area contributed by atoms with E-state index in [-0.39, 0.29) is 6.54 Å². The Morgan fingerprint density at radius 3 is 2.82 bits per heavy atom. The van der Waals surface area contributed by atoms with Crippen LogP contribution in [0.2, 0.25) is 0 Å². The predicted molar refractivity (Wildman–Crippen MR) is 39.2 cm³/mol. The fourth-order valence-corrected chi connectivity index (χ4v) is 0.542. The molecular weight excluding hydrogens is 148 g/mol. The highest BCUT2D eigenvalue weighted by Crippen LogP contribution is 1.84. The van der Waals surface area contributed by atoms with Gasteiger partial charge in [-0.3, -0.25) is 4.79 Å². The number of nitrogens with one attached hydrogen (secondary N) is 1. The summed E-state index contributed by atoms with van der Waals surface area (Å²) in [7, 11) is 0. The minimum atomic E-state index is -1.02. The van der Waals surface area contributed by atoms with E-state index in [1.165, 1.54) is 0 Å². The minimum Gasteiger partial charge on any atom is -0.480 e. The Balaban J connectivity index is 3.24. The second-order valence-electron chi connectivity index (χ2n) is 2.10. The smallest absolute Gasteiger partial charge is 0.320 e. The van der Waals surface area contributed by atoms with Crippen molar-refractivity contribution in [3.05, 3.63) is 0 Å². The van der Waals surface area contributed by atoms with Crippen LogP contribution in [0.5, 0.6) is 0 Å². The van der Waals surface area contributed by atoms with E-state index < -0.39 is 12.0 Å². The second-order valence-corrected chi connectivity index (χ2v) is 2.10. The molecule has 0 saturated carbocycles. The summed E-state index contributed by atoms with van der Waals surface area (Å²) >= 11 is 0. The number of aldehydes is 1. The first-order chi connectivity index (χ1) is 5.18. The van der Waals surface area contributed by atoms with Crippen molar-refractivity contribution in [3.63, 3.8) is 0 Å². The summed E-state index contributed by atoms with van der Waals surface area (Å²) in [5.74, 6) is -1.02. The molecule has 11 heavy (non-hydrogen) atoms. The van der Waals surface area contributed by atoms with Gasteiger partial charge in [-0.2, -0.15) is 0 Å². The van der Waals surface area contributed by atoms with Crippen LogP contribution in [-0.4, -0.2) is 36.5 Å². The topological polar surface area (TPSA) is 92.4 Å². The third kappa shape index (κ3) is 5.50. The van der Waals surface area contributed by atoms with Gasteiger partial charge in [0.25, 0.3) is 0 Å². The van der Waals surface area contributed by atoms with E-state index in [9.17, 15) is 9.59 Å². The lowest BCUT2D eigenvalue weighted by Gasteiger charge is -2.04. The van der Waals surface area contributed by atoms with Crippen LogP contribution < -0.4 is 11.1 Å². The third-order valence-corrected chi connectivity index (χ3v) is 1.18. The van der Waals surface area contributed by atoms with E-state index in [0.717, 1.165) is 0 Å². The fourth-order valence-electron chi connectivity index (χ4n) is 0.542. The SMILES string of the molecule is N[C@@H](CCNCC=O)C(=O)O. The Kier molecular flexibility index (Phi) is 5.32. The second kappa shape index (κ2) is 5.82. The minimum absolute atomic E-state index is 0.242. The van der Waals surface area contributed by atoms with E-state index in [1.807, 2.05) is 0 Å². The zero-order chi connectivity index (χ0) is 8.69. The summed E-state index contributed by atoms with van der Waals surface area (Å²) < 4.78 is 0. The van der Waals surface area contributed by atoms with E-state index >= 15 is 0 Å². The molecule has 0 aromatic carbocycles. The monoisotopic (exact) mass is 160 g/mol. The number of carbonyl (C=O) groups is 2. The molecule has 0 aliphatic heterocycles. The van der Waals surface area contributed by atoms with Crippen molar-refractivity contribution in [1.29, 1.82) is 0 Å². The van der Waals surface area contributed by atoms with Crippen LogP contribution in [0.4, 0.5) is 0 Å². The first-order valence-corrected chi connectivity index (χ1v) is 3.31. The molecule has 0 aromatic rings. The highest BCUT2D eigenvalue weighted by atomic mass is 16.4. The molecule has 0 radical (unpaired) electrons. The van der Waals surface area contributed by atoms with Gasteiger partial charge in [-0.15, -0.1) is 0 Å². The van der Waals surface area contributed by atoms with Gasteiger partial charge in [-0.05, 0) is 13.0 Å². The molecule has 0 unspecified atom stereocenters. The average Bonchev–Trinajstić information content (AvgIpc) is 1.97. The lowest BCUT2D eigenvalue weighted by Crippen LogP contribution is -2.34. The van der Waals surface area contributed by atoms with Gasteiger partial charge in [0, 0.05) is 0 Å². The van der Waals surface area contributed by atoms with Gasteiger partial charge in [-0.25, -0.2) is 0 Å². The van der Waals surface area contributed by atoms with Crippen LogP contribution >= 0.6 is 0 Å². The fraction of sp³-hybridized carbons (Fsp3) is 0.667. The Bertz CT molecular complexity index is 138. The highest BCUT2D eigenvalue weighted by molar-refractivity contribution is 5.72. The quantitative estimate of drug-likeness (QED) is 0.327. The van der Waals surface area contributed by atoms with Crippen LogP contribution in [0, 0.1) is 0 Å². The molecule has 0 saturated heterocycles. The largest absolute Gasteiger partial charge is 0.480 e. The summed E-state index contributed by atoms with van der Waals surface area (Å²) in [6, 6.07) is -0.839. The van der Waals surface area contributed by atoms with E-state index in [0.29, 0.717) is 19.3 Å². The maximum atomic E-state index is 10.1. The number of hydrogen-bond acceptors (Lipinski definition) is 4. The molecule has 0 aromatic heterocycles. The molecule has 0 spiro atoms. The Morgan fingerprint density at radius 1 is 1.73 bits per heavy atom. The summed E-state index contributed by atoms with van der Waals surface area (Å²) in [6.07, 6.45) is 1.05. The highest BCUT2D eigenvalue weighted by Gasteiger charge is 2.09. The molecule has 0 rings (SSSR count). The molecule has 0 heterocycles. The standard InChI is InChI=1S/C6H12N2O3/c7-5(6(10)11)1-2-8-3-4-9/h4-5,8H,1-3,7H2,(H,10,11)/t5-/m0/s1. The van der Waals surface area contributed by atoms with Gasteiger partial charge < -0.3 is 21.0 Å².